The van der Waals surface area contributed by atoms with Gasteiger partial charge in [0.05, 0.1) is 28.8 Å². The molecule has 0 aliphatic heterocycles. The molecule has 0 saturated carbocycles. The number of terminal acetylenes is 1. The number of aryl methyl sites for hydroxylation is 1. The van der Waals surface area contributed by atoms with Crippen molar-refractivity contribution >= 4 is 34.8 Å². The van der Waals surface area contributed by atoms with Gasteiger partial charge in [-0.3, -0.25) is 10.1 Å². The molecule has 0 atom stereocenters. The Morgan fingerprint density at radius 3 is 2.82 bits per heavy atom. The van der Waals surface area contributed by atoms with Crippen LogP contribution in [0.25, 0.3) is 0 Å². The van der Waals surface area contributed by atoms with E-state index in [0.717, 1.165) is 5.56 Å². The molecule has 0 saturated heterocycles. The fourth-order valence-electron chi connectivity index (χ4n) is 1.20. The normalized spacial score (nSPS) is 9.76. The quantitative estimate of drug-likeness (QED) is 0.652. The van der Waals surface area contributed by atoms with Crippen LogP contribution in [0.2, 0.25) is 10.0 Å². The van der Waals surface area contributed by atoms with Crippen molar-refractivity contribution in [3.63, 3.8) is 0 Å². The molecule has 0 fully saturated rings. The summed E-state index contributed by atoms with van der Waals surface area (Å²) in [5.41, 5.74) is 1.28. The van der Waals surface area contributed by atoms with Crippen LogP contribution in [0.15, 0.2) is 12.1 Å². The molecule has 0 unspecified atom stereocenters. The number of rotatable bonds is 4. The number of halogens is 2. The predicted molar refractivity (Wildman–Crippen MR) is 71.5 cm³/mol. The zero-order chi connectivity index (χ0) is 12.8. The lowest BCUT2D eigenvalue weighted by molar-refractivity contribution is -0.115. The number of anilines is 1. The fraction of sp³-hybridized carbons (Fsp3) is 0.250. The lowest BCUT2D eigenvalue weighted by Crippen LogP contribution is -2.28. The van der Waals surface area contributed by atoms with Gasteiger partial charge in [0, 0.05) is 0 Å². The highest BCUT2D eigenvalue weighted by Crippen LogP contribution is 2.32. The van der Waals surface area contributed by atoms with Gasteiger partial charge < -0.3 is 5.32 Å². The Labute approximate surface area is 110 Å². The van der Waals surface area contributed by atoms with Crippen molar-refractivity contribution in [2.75, 3.05) is 18.4 Å². The zero-order valence-electron chi connectivity index (χ0n) is 9.31. The first-order valence-corrected chi connectivity index (χ1v) is 5.70. The molecule has 0 aliphatic carbocycles. The van der Waals surface area contributed by atoms with Crippen LogP contribution in [-0.2, 0) is 4.79 Å². The van der Waals surface area contributed by atoms with Gasteiger partial charge in [0.15, 0.2) is 0 Å². The molecule has 17 heavy (non-hydrogen) atoms. The first-order chi connectivity index (χ1) is 8.06. The maximum absolute atomic E-state index is 11.5. The Kier molecular flexibility index (Phi) is 5.30. The molecule has 0 heterocycles. The fourth-order valence-corrected chi connectivity index (χ4v) is 1.67. The molecule has 0 spiro atoms. The largest absolute Gasteiger partial charge is 0.322 e. The van der Waals surface area contributed by atoms with Crippen LogP contribution in [0.1, 0.15) is 5.56 Å². The number of nitrogens with one attached hydrogen (secondary N) is 2. The standard InChI is InChI=1S/C12H12Cl2N2O/c1-3-6-15-7-10(17)16-12-9(13)5-4-8(2)11(12)14/h1,4-5,15H,6-7H2,2H3,(H,16,17). The van der Waals surface area contributed by atoms with E-state index in [1.165, 1.54) is 0 Å². The van der Waals surface area contributed by atoms with Crippen LogP contribution < -0.4 is 10.6 Å². The highest BCUT2D eigenvalue weighted by atomic mass is 35.5. The van der Waals surface area contributed by atoms with Gasteiger partial charge in [-0.15, -0.1) is 6.42 Å². The molecule has 0 aromatic heterocycles. The van der Waals surface area contributed by atoms with E-state index in [-0.39, 0.29) is 12.5 Å². The van der Waals surface area contributed by atoms with E-state index in [0.29, 0.717) is 22.3 Å². The van der Waals surface area contributed by atoms with Gasteiger partial charge in [-0.25, -0.2) is 0 Å². The second-order valence-corrected chi connectivity index (χ2v) is 4.19. The van der Waals surface area contributed by atoms with Crippen molar-refractivity contribution in [2.45, 2.75) is 6.92 Å². The molecule has 5 heteroatoms. The van der Waals surface area contributed by atoms with Crippen LogP contribution in [0.4, 0.5) is 5.69 Å². The van der Waals surface area contributed by atoms with E-state index < -0.39 is 0 Å². The van der Waals surface area contributed by atoms with E-state index in [9.17, 15) is 4.79 Å². The summed E-state index contributed by atoms with van der Waals surface area (Å²) in [6.07, 6.45) is 5.05. The van der Waals surface area contributed by atoms with Gasteiger partial charge in [0.1, 0.15) is 0 Å². The van der Waals surface area contributed by atoms with Crippen LogP contribution in [0, 0.1) is 19.3 Å². The molecule has 1 rings (SSSR count). The molecule has 1 aromatic rings. The Hall–Kier alpha value is -1.21. The van der Waals surface area contributed by atoms with Gasteiger partial charge in [0.25, 0.3) is 0 Å². The summed E-state index contributed by atoms with van der Waals surface area (Å²) in [7, 11) is 0. The highest BCUT2D eigenvalue weighted by Gasteiger charge is 2.11. The number of amides is 1. The molecular weight excluding hydrogens is 259 g/mol. The zero-order valence-corrected chi connectivity index (χ0v) is 10.8. The van der Waals surface area contributed by atoms with Crippen LogP contribution in [-0.4, -0.2) is 19.0 Å². The Morgan fingerprint density at radius 2 is 2.18 bits per heavy atom. The topological polar surface area (TPSA) is 41.1 Å². The molecule has 2 N–H and O–H groups in total. The van der Waals surface area contributed by atoms with Crippen molar-refractivity contribution in [3.8, 4) is 12.3 Å². The third-order valence-corrected chi connectivity index (χ3v) is 2.86. The van der Waals surface area contributed by atoms with Crippen LogP contribution >= 0.6 is 23.2 Å². The second kappa shape index (κ2) is 6.51. The van der Waals surface area contributed by atoms with Crippen molar-refractivity contribution < 1.29 is 4.79 Å². The molecule has 90 valence electrons. The number of benzene rings is 1. The van der Waals surface area contributed by atoms with Crippen molar-refractivity contribution in [3.05, 3.63) is 27.7 Å². The minimum atomic E-state index is -0.241. The molecular formula is C12H12Cl2N2O. The number of hydrogen-bond acceptors (Lipinski definition) is 2. The number of carbonyl (C=O) groups excluding carboxylic acids is 1. The monoisotopic (exact) mass is 270 g/mol. The molecule has 0 aliphatic rings. The summed E-state index contributed by atoms with van der Waals surface area (Å²) in [5, 5.41) is 6.27. The summed E-state index contributed by atoms with van der Waals surface area (Å²) in [6.45, 7) is 2.29. The molecule has 1 amide bonds. The molecule has 3 nitrogen and oxygen atoms in total. The Balaban J connectivity index is 2.72. The average molecular weight is 271 g/mol. The lowest BCUT2D eigenvalue weighted by atomic mass is 10.2. The van der Waals surface area contributed by atoms with Gasteiger partial charge in [-0.2, -0.15) is 0 Å². The maximum Gasteiger partial charge on any atom is 0.238 e. The summed E-state index contributed by atoms with van der Waals surface area (Å²) in [5.74, 6) is 2.13. The minimum absolute atomic E-state index is 0.116. The Bertz CT molecular complexity index is 466. The smallest absolute Gasteiger partial charge is 0.238 e. The van der Waals surface area contributed by atoms with E-state index in [1.807, 2.05) is 6.92 Å². The second-order valence-electron chi connectivity index (χ2n) is 3.41. The van der Waals surface area contributed by atoms with Gasteiger partial charge >= 0.3 is 0 Å². The summed E-state index contributed by atoms with van der Waals surface area (Å²) < 4.78 is 0. The lowest BCUT2D eigenvalue weighted by Gasteiger charge is -2.11. The average Bonchev–Trinajstić information content (AvgIpc) is 2.30. The summed E-state index contributed by atoms with van der Waals surface area (Å²) >= 11 is 12.0. The first kappa shape index (κ1) is 13.9. The van der Waals surface area contributed by atoms with Gasteiger partial charge in [-0.05, 0) is 18.6 Å². The van der Waals surface area contributed by atoms with Crippen LogP contribution in [0.3, 0.4) is 0 Å². The highest BCUT2D eigenvalue weighted by molar-refractivity contribution is 6.40. The minimum Gasteiger partial charge on any atom is -0.322 e. The maximum atomic E-state index is 11.5. The number of hydrogen-bond donors (Lipinski definition) is 2. The van der Waals surface area contributed by atoms with E-state index in [1.54, 1.807) is 12.1 Å². The van der Waals surface area contributed by atoms with Crippen molar-refractivity contribution in [1.29, 1.82) is 0 Å². The van der Waals surface area contributed by atoms with E-state index in [4.69, 9.17) is 29.6 Å². The van der Waals surface area contributed by atoms with Crippen molar-refractivity contribution in [1.82, 2.24) is 5.32 Å². The Morgan fingerprint density at radius 1 is 1.47 bits per heavy atom. The van der Waals surface area contributed by atoms with Crippen LogP contribution in [0.5, 0.6) is 0 Å². The summed E-state index contributed by atoms with van der Waals surface area (Å²) in [4.78, 5) is 11.5. The first-order valence-electron chi connectivity index (χ1n) is 4.95. The molecule has 1 aromatic carbocycles. The summed E-state index contributed by atoms with van der Waals surface area (Å²) in [6, 6.07) is 3.48. The van der Waals surface area contributed by atoms with E-state index in [2.05, 4.69) is 16.6 Å². The van der Waals surface area contributed by atoms with Gasteiger partial charge in [-0.1, -0.05) is 35.2 Å². The molecule has 0 radical (unpaired) electrons. The van der Waals surface area contributed by atoms with Gasteiger partial charge in [0.2, 0.25) is 5.91 Å². The van der Waals surface area contributed by atoms with Crippen molar-refractivity contribution in [2.24, 2.45) is 0 Å². The molecule has 0 bridgehead atoms. The number of carbonyl (C=O) groups is 1. The third kappa shape index (κ3) is 3.94. The van der Waals surface area contributed by atoms with E-state index >= 15 is 0 Å². The SMILES string of the molecule is C#CCNCC(=O)Nc1c(Cl)ccc(C)c1Cl. The predicted octanol–water partition coefficient (Wildman–Crippen LogP) is 2.46. The third-order valence-electron chi connectivity index (χ3n) is 2.06.